The van der Waals surface area contributed by atoms with E-state index in [2.05, 4.69) is 16.0 Å². The Morgan fingerprint density at radius 1 is 1.32 bits per heavy atom. The van der Waals surface area contributed by atoms with Gasteiger partial charge in [-0.3, -0.25) is 9.20 Å². The van der Waals surface area contributed by atoms with Crippen LogP contribution in [0.2, 0.25) is 0 Å². The van der Waals surface area contributed by atoms with Crippen molar-refractivity contribution < 1.29 is 0 Å². The summed E-state index contributed by atoms with van der Waals surface area (Å²) in [6, 6.07) is 3.91. The Hall–Kier alpha value is -2.76. The highest BCUT2D eigenvalue weighted by molar-refractivity contribution is 7.15. The Balaban J connectivity index is 2.34. The van der Waals surface area contributed by atoms with Gasteiger partial charge in [0.2, 0.25) is 0 Å². The van der Waals surface area contributed by atoms with E-state index in [0.29, 0.717) is 21.6 Å². The third-order valence-electron chi connectivity index (χ3n) is 3.36. The summed E-state index contributed by atoms with van der Waals surface area (Å²) in [6.07, 6.45) is 1.78. The van der Waals surface area contributed by atoms with Crippen molar-refractivity contribution in [1.82, 2.24) is 14.4 Å². The van der Waals surface area contributed by atoms with E-state index < -0.39 is 5.56 Å². The van der Waals surface area contributed by atoms with Gasteiger partial charge in [-0.15, -0.1) is 11.3 Å². The van der Waals surface area contributed by atoms with Crippen LogP contribution in [-0.4, -0.2) is 14.4 Å². The van der Waals surface area contributed by atoms with Gasteiger partial charge in [0.05, 0.1) is 5.39 Å². The van der Waals surface area contributed by atoms with Gasteiger partial charge in [-0.1, -0.05) is 0 Å². The predicted octanol–water partition coefficient (Wildman–Crippen LogP) is 2.49. The van der Waals surface area contributed by atoms with Gasteiger partial charge >= 0.3 is 0 Å². The molecular formula is C14H7N5OS2. The second-order valence-electron chi connectivity index (χ2n) is 4.54. The fourth-order valence-corrected chi connectivity index (χ4v) is 3.78. The SMILES string of the molecule is N#Cc1c(N)nc2c(c1-c1ccsc1)c(=O)nc1sccn12. The van der Waals surface area contributed by atoms with Crippen LogP contribution in [0.1, 0.15) is 5.56 Å². The van der Waals surface area contributed by atoms with Gasteiger partial charge < -0.3 is 5.73 Å². The summed E-state index contributed by atoms with van der Waals surface area (Å²) in [4.78, 5) is 21.4. The molecule has 0 aliphatic carbocycles. The van der Waals surface area contributed by atoms with E-state index in [1.165, 1.54) is 22.7 Å². The molecule has 0 spiro atoms. The number of nitrogens with zero attached hydrogens (tertiary/aromatic N) is 4. The standard InChI is InChI=1S/C14H7N5OS2/c15-5-8-9(7-1-3-21-6-7)10-12(17-11(8)16)19-2-4-22-14(19)18-13(10)20/h1-4,6H,(H2,16,17). The lowest BCUT2D eigenvalue weighted by Gasteiger charge is -2.09. The average Bonchev–Trinajstić information content (AvgIpc) is 3.17. The van der Waals surface area contributed by atoms with Crippen molar-refractivity contribution in [1.29, 1.82) is 5.26 Å². The van der Waals surface area contributed by atoms with Crippen LogP contribution in [0.3, 0.4) is 0 Å². The summed E-state index contributed by atoms with van der Waals surface area (Å²) in [5, 5.41) is 15.3. The smallest absolute Gasteiger partial charge is 0.284 e. The second kappa shape index (κ2) is 4.62. The van der Waals surface area contributed by atoms with E-state index in [0.717, 1.165) is 5.56 Å². The molecule has 0 saturated heterocycles. The van der Waals surface area contributed by atoms with Crippen LogP contribution in [0.15, 0.2) is 33.2 Å². The molecule has 22 heavy (non-hydrogen) atoms. The van der Waals surface area contributed by atoms with Crippen molar-refractivity contribution >= 4 is 44.5 Å². The minimum Gasteiger partial charge on any atom is -0.383 e. The zero-order chi connectivity index (χ0) is 15.3. The molecule has 6 nitrogen and oxygen atoms in total. The first kappa shape index (κ1) is 12.9. The minimum absolute atomic E-state index is 0.113. The number of nitriles is 1. The summed E-state index contributed by atoms with van der Waals surface area (Å²) < 4.78 is 1.72. The highest BCUT2D eigenvalue weighted by Gasteiger charge is 2.20. The fourth-order valence-electron chi connectivity index (χ4n) is 2.43. The first-order chi connectivity index (χ1) is 10.7. The lowest BCUT2D eigenvalue weighted by Crippen LogP contribution is -2.13. The van der Waals surface area contributed by atoms with Crippen LogP contribution in [0.5, 0.6) is 0 Å². The topological polar surface area (TPSA) is 97.1 Å². The van der Waals surface area contributed by atoms with E-state index >= 15 is 0 Å². The third kappa shape index (κ3) is 1.67. The molecule has 0 bridgehead atoms. The molecule has 106 valence electrons. The lowest BCUT2D eigenvalue weighted by atomic mass is 10.0. The lowest BCUT2D eigenvalue weighted by molar-refractivity contribution is 1.13. The van der Waals surface area contributed by atoms with Crippen molar-refractivity contribution in [3.05, 3.63) is 44.3 Å². The van der Waals surface area contributed by atoms with E-state index in [9.17, 15) is 10.1 Å². The van der Waals surface area contributed by atoms with Crippen LogP contribution in [0.25, 0.3) is 27.1 Å². The Kier molecular flexibility index (Phi) is 2.72. The van der Waals surface area contributed by atoms with Crippen LogP contribution in [-0.2, 0) is 0 Å². The first-order valence-electron chi connectivity index (χ1n) is 6.22. The van der Waals surface area contributed by atoms with Crippen molar-refractivity contribution in [2.24, 2.45) is 0 Å². The van der Waals surface area contributed by atoms with Crippen LogP contribution in [0, 0.1) is 11.3 Å². The summed E-state index contributed by atoms with van der Waals surface area (Å²) in [7, 11) is 0. The number of thiophene rings is 1. The van der Waals surface area contributed by atoms with Crippen molar-refractivity contribution in [2.75, 3.05) is 5.73 Å². The number of hydrogen-bond donors (Lipinski definition) is 1. The van der Waals surface area contributed by atoms with E-state index in [-0.39, 0.29) is 11.4 Å². The number of nitrogens with two attached hydrogens (primary N) is 1. The third-order valence-corrected chi connectivity index (χ3v) is 4.80. The molecule has 4 rings (SSSR count). The molecule has 0 amide bonds. The predicted molar refractivity (Wildman–Crippen MR) is 87.1 cm³/mol. The zero-order valence-corrected chi connectivity index (χ0v) is 12.6. The summed E-state index contributed by atoms with van der Waals surface area (Å²) in [5.41, 5.74) is 7.46. The van der Waals surface area contributed by atoms with Gasteiger partial charge in [-0.2, -0.15) is 21.6 Å². The Labute approximate surface area is 131 Å². The molecule has 8 heteroatoms. The van der Waals surface area contributed by atoms with Gasteiger partial charge in [0, 0.05) is 17.1 Å². The molecule has 4 heterocycles. The maximum atomic E-state index is 12.5. The monoisotopic (exact) mass is 325 g/mol. The Morgan fingerprint density at radius 3 is 2.91 bits per heavy atom. The molecule has 0 radical (unpaired) electrons. The van der Waals surface area contributed by atoms with Crippen LogP contribution in [0.4, 0.5) is 5.82 Å². The number of hydrogen-bond acceptors (Lipinski definition) is 7. The number of aromatic nitrogens is 3. The second-order valence-corrected chi connectivity index (χ2v) is 6.20. The molecular weight excluding hydrogens is 318 g/mol. The minimum atomic E-state index is -0.400. The number of thiazole rings is 1. The number of anilines is 1. The van der Waals surface area contributed by atoms with Crippen molar-refractivity contribution in [3.63, 3.8) is 0 Å². The quantitative estimate of drug-likeness (QED) is 0.580. The molecule has 0 aliphatic rings. The van der Waals surface area contributed by atoms with Crippen molar-refractivity contribution in [3.8, 4) is 17.2 Å². The van der Waals surface area contributed by atoms with Crippen molar-refractivity contribution in [2.45, 2.75) is 0 Å². The van der Waals surface area contributed by atoms with Gasteiger partial charge in [-0.25, -0.2) is 4.98 Å². The highest BCUT2D eigenvalue weighted by Crippen LogP contribution is 2.33. The molecule has 0 aliphatic heterocycles. The molecule has 0 saturated carbocycles. The Bertz CT molecular complexity index is 1120. The van der Waals surface area contributed by atoms with E-state index in [4.69, 9.17) is 5.73 Å². The molecule has 2 N–H and O–H groups in total. The van der Waals surface area contributed by atoms with Crippen LogP contribution < -0.4 is 11.3 Å². The maximum Gasteiger partial charge on any atom is 0.284 e. The average molecular weight is 325 g/mol. The molecule has 0 atom stereocenters. The van der Waals surface area contributed by atoms with Gasteiger partial charge in [0.25, 0.3) is 5.56 Å². The van der Waals surface area contributed by atoms with Crippen LogP contribution >= 0.6 is 22.7 Å². The number of fused-ring (bicyclic) bond motifs is 3. The fraction of sp³-hybridized carbons (Fsp3) is 0. The summed E-state index contributed by atoms with van der Waals surface area (Å²) in [5.74, 6) is 0.113. The molecule has 4 aromatic heterocycles. The molecule has 0 fully saturated rings. The first-order valence-corrected chi connectivity index (χ1v) is 8.04. The number of pyridine rings is 1. The normalized spacial score (nSPS) is 11.0. The maximum absolute atomic E-state index is 12.5. The van der Waals surface area contributed by atoms with E-state index in [1.54, 1.807) is 10.6 Å². The van der Waals surface area contributed by atoms with Gasteiger partial charge in [0.1, 0.15) is 17.5 Å². The number of nitrogen functional groups attached to an aromatic ring is 1. The molecule has 0 aromatic carbocycles. The molecule has 0 unspecified atom stereocenters. The highest BCUT2D eigenvalue weighted by atomic mass is 32.1. The summed E-state index contributed by atoms with van der Waals surface area (Å²) in [6.45, 7) is 0. The van der Waals surface area contributed by atoms with Gasteiger partial charge in [-0.05, 0) is 22.4 Å². The Morgan fingerprint density at radius 2 is 2.18 bits per heavy atom. The summed E-state index contributed by atoms with van der Waals surface area (Å²) >= 11 is 2.82. The van der Waals surface area contributed by atoms with E-state index in [1.807, 2.05) is 22.2 Å². The zero-order valence-electron chi connectivity index (χ0n) is 11.0. The molecule has 4 aromatic rings. The largest absolute Gasteiger partial charge is 0.383 e. The van der Waals surface area contributed by atoms with Gasteiger partial charge in [0.15, 0.2) is 10.6 Å². The number of rotatable bonds is 1.